The number of benzene rings is 2. The average molecular weight is 418 g/mol. The van der Waals surface area contributed by atoms with Gasteiger partial charge in [0, 0.05) is 11.9 Å². The number of azo groups is 1. The summed E-state index contributed by atoms with van der Waals surface area (Å²) in [6.07, 6.45) is 0. The fourth-order valence-electron chi connectivity index (χ4n) is 2.91. The number of fused-ring (bicyclic) bond motifs is 1. The van der Waals surface area contributed by atoms with Crippen molar-refractivity contribution in [3.05, 3.63) is 48.0 Å². The number of nitrogens with two attached hydrogens (primary N) is 1. The molecule has 0 atom stereocenters. The van der Waals surface area contributed by atoms with E-state index in [0.29, 0.717) is 12.2 Å². The van der Waals surface area contributed by atoms with E-state index in [-0.39, 0.29) is 21.6 Å². The Morgan fingerprint density at radius 2 is 2.00 bits per heavy atom. The molecule has 0 spiro atoms. The normalized spacial score (nSPS) is 12.0. The molecule has 0 aliphatic heterocycles. The van der Waals surface area contributed by atoms with Crippen LogP contribution >= 0.6 is 12.2 Å². The summed E-state index contributed by atoms with van der Waals surface area (Å²) in [5, 5.41) is 27.1. The van der Waals surface area contributed by atoms with Gasteiger partial charge in [-0.15, -0.1) is 10.2 Å². The lowest BCUT2D eigenvalue weighted by Gasteiger charge is -2.08. The minimum Gasteiger partial charge on any atom is -0.493 e. The third-order valence-electron chi connectivity index (χ3n) is 4.16. The number of primary sulfonamides is 1. The predicted molar refractivity (Wildman–Crippen MR) is 113 cm³/mol. The van der Waals surface area contributed by atoms with Crippen LogP contribution in [0.5, 0.6) is 5.88 Å². The lowest BCUT2D eigenvalue weighted by molar-refractivity contribution is 0.427. The van der Waals surface area contributed by atoms with Gasteiger partial charge < -0.3 is 15.0 Å². The Balaban J connectivity index is 1.94. The molecule has 1 heterocycles. The van der Waals surface area contributed by atoms with Crippen LogP contribution in [0.1, 0.15) is 12.5 Å². The summed E-state index contributed by atoms with van der Waals surface area (Å²) >= 11 is 5.15. The van der Waals surface area contributed by atoms with Gasteiger partial charge in [-0.3, -0.25) is 0 Å². The van der Waals surface area contributed by atoms with Crippen LogP contribution < -0.4 is 10.5 Å². The quantitative estimate of drug-likeness (QED) is 0.440. The van der Waals surface area contributed by atoms with Gasteiger partial charge in [-0.25, -0.2) is 13.6 Å². The van der Waals surface area contributed by atoms with Crippen molar-refractivity contribution in [3.63, 3.8) is 0 Å². The zero-order valence-electron chi connectivity index (χ0n) is 15.2. The standard InChI is InChI=1S/C18H19N5O3S2/c1-3-23-14-9-8-11(2)10-12(14)16(17(23)24)21-22-18(27)20-13-6-4-5-7-15(13)28(19,25)26/h4-10,24H,3H2,1-2H3,(H,20,27)(H2,19,25,26). The Bertz CT molecular complexity index is 1200. The number of sulfonamides is 1. The molecule has 2 aromatic carbocycles. The number of aromatic hydroxyl groups is 1. The maximum absolute atomic E-state index is 11.7. The second-order valence-electron chi connectivity index (χ2n) is 6.11. The summed E-state index contributed by atoms with van der Waals surface area (Å²) < 4.78 is 25.1. The van der Waals surface area contributed by atoms with E-state index >= 15 is 0 Å². The maximum atomic E-state index is 11.7. The van der Waals surface area contributed by atoms with Gasteiger partial charge in [-0.05, 0) is 50.3 Å². The third-order valence-corrected chi connectivity index (χ3v) is 5.31. The molecule has 146 valence electrons. The number of anilines is 1. The Labute approximate surface area is 167 Å². The zero-order valence-corrected chi connectivity index (χ0v) is 16.9. The number of para-hydroxylation sites is 1. The Morgan fingerprint density at radius 3 is 2.68 bits per heavy atom. The van der Waals surface area contributed by atoms with Crippen molar-refractivity contribution < 1.29 is 13.5 Å². The molecule has 28 heavy (non-hydrogen) atoms. The Morgan fingerprint density at radius 1 is 1.29 bits per heavy atom. The molecule has 0 bridgehead atoms. The highest BCUT2D eigenvalue weighted by Crippen LogP contribution is 2.39. The van der Waals surface area contributed by atoms with E-state index in [2.05, 4.69) is 15.5 Å². The molecule has 0 saturated carbocycles. The first-order chi connectivity index (χ1) is 13.2. The van der Waals surface area contributed by atoms with Crippen molar-refractivity contribution in [2.75, 3.05) is 5.32 Å². The van der Waals surface area contributed by atoms with Crippen molar-refractivity contribution >= 4 is 49.6 Å². The third kappa shape index (κ3) is 3.88. The van der Waals surface area contributed by atoms with E-state index in [9.17, 15) is 13.5 Å². The second kappa shape index (κ2) is 7.66. The van der Waals surface area contributed by atoms with Crippen LogP contribution in [-0.4, -0.2) is 23.2 Å². The van der Waals surface area contributed by atoms with Crippen molar-refractivity contribution in [1.82, 2.24) is 4.57 Å². The molecule has 3 rings (SSSR count). The van der Waals surface area contributed by atoms with Gasteiger partial charge >= 0.3 is 0 Å². The number of nitrogens with zero attached hydrogens (tertiary/aromatic N) is 3. The van der Waals surface area contributed by atoms with Crippen molar-refractivity contribution in [2.24, 2.45) is 15.4 Å². The molecule has 1 aromatic heterocycles. The fraction of sp³-hybridized carbons (Fsp3) is 0.167. The van der Waals surface area contributed by atoms with Crippen molar-refractivity contribution in [1.29, 1.82) is 0 Å². The summed E-state index contributed by atoms with van der Waals surface area (Å²) in [5.74, 6) is -0.0143. The highest BCUT2D eigenvalue weighted by molar-refractivity contribution is 7.89. The summed E-state index contributed by atoms with van der Waals surface area (Å²) in [5.41, 5.74) is 2.34. The van der Waals surface area contributed by atoms with E-state index in [1.54, 1.807) is 16.7 Å². The summed E-state index contributed by atoms with van der Waals surface area (Å²) in [7, 11) is -3.92. The number of hydrogen-bond acceptors (Lipinski definition) is 5. The van der Waals surface area contributed by atoms with Crippen LogP contribution in [-0.2, 0) is 16.6 Å². The van der Waals surface area contributed by atoms with Gasteiger partial charge in [0.1, 0.15) is 4.90 Å². The number of aryl methyl sites for hydroxylation is 2. The molecule has 0 aliphatic rings. The van der Waals surface area contributed by atoms with Crippen LogP contribution in [0.3, 0.4) is 0 Å². The predicted octanol–water partition coefficient (Wildman–Crippen LogP) is 3.80. The number of rotatable bonds is 4. The van der Waals surface area contributed by atoms with Crippen LogP contribution in [0, 0.1) is 6.92 Å². The molecule has 8 nitrogen and oxygen atoms in total. The number of hydrogen-bond donors (Lipinski definition) is 3. The van der Waals surface area contributed by atoms with Gasteiger partial charge in [-0.2, -0.15) is 0 Å². The molecule has 0 saturated heterocycles. The smallest absolute Gasteiger partial charge is 0.240 e. The van der Waals surface area contributed by atoms with E-state index in [1.165, 1.54) is 12.1 Å². The summed E-state index contributed by atoms with van der Waals surface area (Å²) in [6, 6.07) is 11.8. The van der Waals surface area contributed by atoms with Crippen LogP contribution in [0.15, 0.2) is 57.6 Å². The number of nitrogens with one attached hydrogen (secondary N) is 1. The van der Waals surface area contributed by atoms with E-state index in [0.717, 1.165) is 16.5 Å². The Hall–Kier alpha value is -2.82. The molecule has 0 unspecified atom stereocenters. The van der Waals surface area contributed by atoms with Gasteiger partial charge in [0.2, 0.25) is 21.0 Å². The molecule has 10 heteroatoms. The molecule has 0 radical (unpaired) electrons. The molecule has 4 N–H and O–H groups in total. The second-order valence-corrected chi connectivity index (χ2v) is 8.02. The zero-order chi connectivity index (χ0) is 20.5. The minimum atomic E-state index is -3.92. The highest BCUT2D eigenvalue weighted by atomic mass is 32.2. The van der Waals surface area contributed by atoms with E-state index in [4.69, 9.17) is 17.4 Å². The first-order valence-corrected chi connectivity index (χ1v) is 10.3. The van der Waals surface area contributed by atoms with E-state index in [1.807, 2.05) is 32.0 Å². The van der Waals surface area contributed by atoms with Crippen LogP contribution in [0.2, 0.25) is 0 Å². The van der Waals surface area contributed by atoms with Gasteiger partial charge in [0.15, 0.2) is 5.69 Å². The maximum Gasteiger partial charge on any atom is 0.240 e. The van der Waals surface area contributed by atoms with Crippen LogP contribution in [0.4, 0.5) is 11.4 Å². The SMILES string of the molecule is CCn1c(O)c(N=NC(=S)Nc2ccccc2S(N)(=O)=O)c2cc(C)ccc21. The van der Waals surface area contributed by atoms with Crippen LogP contribution in [0.25, 0.3) is 10.9 Å². The lowest BCUT2D eigenvalue weighted by atomic mass is 10.1. The first-order valence-electron chi connectivity index (χ1n) is 8.38. The number of thiocarbonyl (C=S) groups is 1. The molecule has 0 aliphatic carbocycles. The lowest BCUT2D eigenvalue weighted by Crippen LogP contribution is -2.16. The van der Waals surface area contributed by atoms with Gasteiger partial charge in [-0.1, -0.05) is 23.8 Å². The Kier molecular flexibility index (Phi) is 5.45. The average Bonchev–Trinajstić information content (AvgIpc) is 2.89. The van der Waals surface area contributed by atoms with Gasteiger partial charge in [0.25, 0.3) is 0 Å². The number of aromatic nitrogens is 1. The summed E-state index contributed by atoms with van der Waals surface area (Å²) in [6.45, 7) is 4.42. The molecular weight excluding hydrogens is 398 g/mol. The van der Waals surface area contributed by atoms with Crippen molar-refractivity contribution in [3.8, 4) is 5.88 Å². The monoisotopic (exact) mass is 417 g/mol. The minimum absolute atomic E-state index is 0.0143. The molecule has 3 aromatic rings. The summed E-state index contributed by atoms with van der Waals surface area (Å²) in [4.78, 5) is -0.103. The molecular formula is C18H19N5O3S2. The largest absolute Gasteiger partial charge is 0.493 e. The van der Waals surface area contributed by atoms with E-state index < -0.39 is 10.0 Å². The van der Waals surface area contributed by atoms with Crippen molar-refractivity contribution in [2.45, 2.75) is 25.3 Å². The highest BCUT2D eigenvalue weighted by Gasteiger charge is 2.17. The first kappa shape index (κ1) is 19.9. The fourth-order valence-corrected chi connectivity index (χ4v) is 3.75. The molecule has 0 amide bonds. The van der Waals surface area contributed by atoms with Gasteiger partial charge in [0.05, 0.1) is 11.2 Å². The topological polar surface area (TPSA) is 122 Å². The molecule has 0 fully saturated rings.